The number of aliphatic carboxylic acids is 1. The highest BCUT2D eigenvalue weighted by atomic mass is 16.5. The van der Waals surface area contributed by atoms with E-state index in [1.165, 1.54) is 0 Å². The van der Waals surface area contributed by atoms with Gasteiger partial charge in [0.05, 0.1) is 0 Å². The van der Waals surface area contributed by atoms with Gasteiger partial charge in [0.2, 0.25) is 5.91 Å². The molecule has 0 saturated heterocycles. The molecule has 2 aliphatic carbocycles. The van der Waals surface area contributed by atoms with E-state index >= 15 is 0 Å². The fourth-order valence-electron chi connectivity index (χ4n) is 4.66. The van der Waals surface area contributed by atoms with Crippen LogP contribution in [0.2, 0.25) is 0 Å². The Labute approximate surface area is 205 Å². The second-order valence-corrected chi connectivity index (χ2v) is 9.24. The van der Waals surface area contributed by atoms with Crippen molar-refractivity contribution >= 4 is 18.0 Å². The Hall–Kier alpha value is -3.39. The number of benzene rings is 2. The Morgan fingerprint density at radius 2 is 1.60 bits per heavy atom. The predicted molar refractivity (Wildman–Crippen MR) is 130 cm³/mol. The minimum absolute atomic E-state index is 0.0937. The Balaban J connectivity index is 1.38. The number of ether oxygens (including phenoxy) is 2. The quantitative estimate of drug-likeness (QED) is 0.399. The molecule has 2 aliphatic rings. The van der Waals surface area contributed by atoms with Crippen molar-refractivity contribution in [2.45, 2.75) is 50.1 Å². The number of fused-ring (bicyclic) bond motifs is 3. The molecule has 8 heteroatoms. The number of hydrogen-bond donors (Lipinski definition) is 3. The van der Waals surface area contributed by atoms with Crippen molar-refractivity contribution in [3.8, 4) is 11.1 Å². The molecule has 4 rings (SSSR count). The first-order valence-corrected chi connectivity index (χ1v) is 12.1. The molecule has 3 N–H and O–H groups in total. The molecule has 186 valence electrons. The van der Waals surface area contributed by atoms with Crippen LogP contribution in [0.5, 0.6) is 0 Å². The molecule has 2 atom stereocenters. The Morgan fingerprint density at radius 1 is 0.971 bits per heavy atom. The van der Waals surface area contributed by atoms with Crippen LogP contribution < -0.4 is 10.6 Å². The van der Waals surface area contributed by atoms with Gasteiger partial charge < -0.3 is 25.2 Å². The molecule has 0 aliphatic heterocycles. The van der Waals surface area contributed by atoms with Crippen molar-refractivity contribution in [1.82, 2.24) is 10.6 Å². The van der Waals surface area contributed by atoms with Crippen LogP contribution in [0.1, 0.15) is 49.1 Å². The normalized spacial score (nSPS) is 16.0. The van der Waals surface area contributed by atoms with Crippen molar-refractivity contribution in [2.75, 3.05) is 20.3 Å². The first-order chi connectivity index (χ1) is 17.0. The van der Waals surface area contributed by atoms with Crippen molar-refractivity contribution in [1.29, 1.82) is 0 Å². The van der Waals surface area contributed by atoms with Crippen LogP contribution in [0.25, 0.3) is 11.1 Å². The molecule has 0 heterocycles. The van der Waals surface area contributed by atoms with E-state index in [1.54, 1.807) is 7.11 Å². The van der Waals surface area contributed by atoms with E-state index in [1.807, 2.05) is 36.4 Å². The molecule has 0 radical (unpaired) electrons. The summed E-state index contributed by atoms with van der Waals surface area (Å²) in [6.45, 7) is 0.548. The summed E-state index contributed by atoms with van der Waals surface area (Å²) in [5.74, 6) is -1.35. The molecule has 2 unspecified atom stereocenters. The van der Waals surface area contributed by atoms with Crippen LogP contribution in [0, 0.1) is 5.92 Å². The minimum Gasteiger partial charge on any atom is -0.480 e. The summed E-state index contributed by atoms with van der Waals surface area (Å²) in [5, 5.41) is 14.7. The van der Waals surface area contributed by atoms with Crippen molar-refractivity contribution in [2.24, 2.45) is 5.92 Å². The zero-order valence-corrected chi connectivity index (χ0v) is 19.9. The molecule has 2 aromatic carbocycles. The molecule has 1 saturated carbocycles. The van der Waals surface area contributed by atoms with Crippen LogP contribution in [-0.4, -0.2) is 55.5 Å². The van der Waals surface area contributed by atoms with Crippen LogP contribution in [-0.2, 0) is 19.1 Å². The number of methoxy groups -OCH3 is 1. The zero-order valence-electron chi connectivity index (χ0n) is 19.9. The molecular formula is C27H32N2O6. The average Bonchev–Trinajstić information content (AvgIpc) is 3.62. The van der Waals surface area contributed by atoms with Gasteiger partial charge in [-0.25, -0.2) is 9.59 Å². The van der Waals surface area contributed by atoms with Gasteiger partial charge in [-0.05, 0) is 47.4 Å². The first-order valence-electron chi connectivity index (χ1n) is 12.1. The van der Waals surface area contributed by atoms with Crippen LogP contribution in [0.4, 0.5) is 4.79 Å². The maximum absolute atomic E-state index is 12.9. The largest absolute Gasteiger partial charge is 0.480 e. The number of carboxylic acid groups (broad SMARTS) is 1. The standard InChI is InChI=1S/C27H32N2O6/c1-34-14-6-11-23(25(30)28-24(26(31)32)15-17-12-13-17)29-27(33)35-16-22-20-9-4-2-7-18(20)19-8-3-5-10-21(19)22/h2-5,7-10,17,22-24H,6,11-16H2,1H3,(H,28,30)(H,29,33)(H,31,32). The van der Waals surface area contributed by atoms with E-state index in [4.69, 9.17) is 9.47 Å². The van der Waals surface area contributed by atoms with Gasteiger partial charge in [-0.15, -0.1) is 0 Å². The van der Waals surface area contributed by atoms with E-state index in [9.17, 15) is 19.5 Å². The number of nitrogens with one attached hydrogen (secondary N) is 2. The van der Waals surface area contributed by atoms with Gasteiger partial charge in [-0.1, -0.05) is 61.4 Å². The Bertz CT molecular complexity index is 1020. The monoisotopic (exact) mass is 480 g/mol. The molecule has 1 fully saturated rings. The maximum atomic E-state index is 12.9. The smallest absolute Gasteiger partial charge is 0.407 e. The molecule has 0 bridgehead atoms. The molecule has 0 aromatic heterocycles. The SMILES string of the molecule is COCCCC(NC(=O)OCC1c2ccccc2-c2ccccc21)C(=O)NC(CC1CC1)C(=O)O. The molecule has 35 heavy (non-hydrogen) atoms. The van der Waals surface area contributed by atoms with E-state index in [0.29, 0.717) is 31.8 Å². The fraction of sp³-hybridized carbons (Fsp3) is 0.444. The third-order valence-electron chi connectivity index (χ3n) is 6.67. The topological polar surface area (TPSA) is 114 Å². The third kappa shape index (κ3) is 6.19. The summed E-state index contributed by atoms with van der Waals surface area (Å²) < 4.78 is 10.6. The third-order valence-corrected chi connectivity index (χ3v) is 6.67. The number of hydrogen-bond acceptors (Lipinski definition) is 5. The average molecular weight is 481 g/mol. The number of alkyl carbamates (subject to hydrolysis) is 1. The summed E-state index contributed by atoms with van der Waals surface area (Å²) >= 11 is 0. The molecule has 8 nitrogen and oxygen atoms in total. The Kier molecular flexibility index (Phi) is 8.02. The van der Waals surface area contributed by atoms with Gasteiger partial charge in [0.15, 0.2) is 0 Å². The highest BCUT2D eigenvalue weighted by Crippen LogP contribution is 2.44. The lowest BCUT2D eigenvalue weighted by atomic mass is 9.98. The summed E-state index contributed by atoms with van der Waals surface area (Å²) in [7, 11) is 1.56. The van der Waals surface area contributed by atoms with Gasteiger partial charge in [0.25, 0.3) is 0 Å². The summed E-state index contributed by atoms with van der Waals surface area (Å²) in [5.41, 5.74) is 4.45. The Morgan fingerprint density at radius 3 is 2.17 bits per heavy atom. The van der Waals surface area contributed by atoms with E-state index in [2.05, 4.69) is 22.8 Å². The second-order valence-electron chi connectivity index (χ2n) is 9.24. The fourth-order valence-corrected chi connectivity index (χ4v) is 4.66. The van der Waals surface area contributed by atoms with Gasteiger partial charge in [-0.2, -0.15) is 0 Å². The summed E-state index contributed by atoms with van der Waals surface area (Å²) in [6, 6.07) is 14.2. The summed E-state index contributed by atoms with van der Waals surface area (Å²) in [4.78, 5) is 37.2. The van der Waals surface area contributed by atoms with Gasteiger partial charge in [0, 0.05) is 19.6 Å². The highest BCUT2D eigenvalue weighted by Gasteiger charge is 2.33. The van der Waals surface area contributed by atoms with Crippen molar-refractivity contribution in [3.05, 3.63) is 59.7 Å². The molecule has 2 aromatic rings. The first kappa shape index (κ1) is 24.7. The van der Waals surface area contributed by atoms with Crippen LogP contribution in [0.15, 0.2) is 48.5 Å². The lowest BCUT2D eigenvalue weighted by Gasteiger charge is -2.22. The lowest BCUT2D eigenvalue weighted by Crippen LogP contribution is -2.52. The van der Waals surface area contributed by atoms with Crippen molar-refractivity contribution < 1.29 is 29.0 Å². The van der Waals surface area contributed by atoms with Crippen molar-refractivity contribution in [3.63, 3.8) is 0 Å². The van der Waals surface area contributed by atoms with Crippen LogP contribution in [0.3, 0.4) is 0 Å². The number of carboxylic acids is 1. The maximum Gasteiger partial charge on any atom is 0.407 e. The molecule has 2 amide bonds. The molecule has 0 spiro atoms. The molecular weight excluding hydrogens is 448 g/mol. The number of carbonyl (C=O) groups is 3. The number of rotatable bonds is 12. The van der Waals surface area contributed by atoms with Gasteiger partial charge >= 0.3 is 12.1 Å². The second kappa shape index (κ2) is 11.4. The van der Waals surface area contributed by atoms with Crippen LogP contribution >= 0.6 is 0 Å². The van der Waals surface area contributed by atoms with E-state index in [0.717, 1.165) is 35.1 Å². The zero-order chi connectivity index (χ0) is 24.8. The van der Waals surface area contributed by atoms with Gasteiger partial charge in [-0.3, -0.25) is 4.79 Å². The highest BCUT2D eigenvalue weighted by molar-refractivity contribution is 5.89. The van der Waals surface area contributed by atoms with Gasteiger partial charge in [0.1, 0.15) is 18.7 Å². The lowest BCUT2D eigenvalue weighted by molar-refractivity contribution is -0.142. The summed E-state index contributed by atoms with van der Waals surface area (Å²) in [6.07, 6.45) is 2.48. The minimum atomic E-state index is -1.07. The van der Waals surface area contributed by atoms with E-state index in [-0.39, 0.29) is 12.5 Å². The predicted octanol–water partition coefficient (Wildman–Crippen LogP) is 3.69. The number of carbonyl (C=O) groups excluding carboxylic acids is 2. The van der Waals surface area contributed by atoms with E-state index < -0.39 is 30.1 Å². The number of amides is 2.